The van der Waals surface area contributed by atoms with Crippen molar-refractivity contribution in [2.45, 2.75) is 24.6 Å². The molecule has 0 spiro atoms. The first-order valence-electron chi connectivity index (χ1n) is 6.05. The second-order valence-corrected chi connectivity index (χ2v) is 4.50. The summed E-state index contributed by atoms with van der Waals surface area (Å²) in [5.41, 5.74) is 14.6. The summed E-state index contributed by atoms with van der Waals surface area (Å²) in [5.74, 6) is 0.175. The van der Waals surface area contributed by atoms with Gasteiger partial charge in [0.05, 0.1) is 19.0 Å². The van der Waals surface area contributed by atoms with E-state index in [1.165, 1.54) is 17.2 Å². The average Bonchev–Trinajstić information content (AvgIpc) is 3.02. The first-order valence-corrected chi connectivity index (χ1v) is 6.05. The Morgan fingerprint density at radius 1 is 1.52 bits per heavy atom. The van der Waals surface area contributed by atoms with Crippen LogP contribution in [-0.4, -0.2) is 49.5 Å². The molecule has 10 nitrogen and oxygen atoms in total. The van der Waals surface area contributed by atoms with Crippen molar-refractivity contribution < 1.29 is 14.2 Å². The minimum atomic E-state index is -1.68. The van der Waals surface area contributed by atoms with Crippen molar-refractivity contribution in [1.82, 2.24) is 19.5 Å². The third-order valence-electron chi connectivity index (χ3n) is 3.27. The first kappa shape index (κ1) is 13.5. The number of anilines is 1. The number of azide groups is 1. The van der Waals surface area contributed by atoms with E-state index in [1.54, 1.807) is 0 Å². The number of aliphatic hydroxyl groups is 1. The quantitative estimate of drug-likeness (QED) is 0.473. The Kier molecular flexibility index (Phi) is 3.29. The summed E-state index contributed by atoms with van der Waals surface area (Å²) in [5, 5.41) is 13.2. The molecular formula is C10H11FN8O2. The molecule has 0 radical (unpaired) electrons. The molecule has 1 fully saturated rings. The number of nitrogens with zero attached hydrogens (tertiary/aromatic N) is 7. The number of imidazole rings is 1. The molecule has 1 aliphatic rings. The van der Waals surface area contributed by atoms with Crippen LogP contribution in [0, 0.1) is 0 Å². The minimum Gasteiger partial charge on any atom is -0.385 e. The lowest BCUT2D eigenvalue weighted by molar-refractivity contribution is -0.0321. The highest BCUT2D eigenvalue weighted by molar-refractivity contribution is 5.81. The van der Waals surface area contributed by atoms with Crippen LogP contribution in [0.25, 0.3) is 21.6 Å². The molecule has 2 aromatic rings. The molecule has 0 unspecified atom stereocenters. The number of aromatic nitrogens is 4. The zero-order chi connectivity index (χ0) is 15.0. The smallest absolute Gasteiger partial charge is 0.167 e. The Bertz CT molecular complexity index is 714. The third-order valence-corrected chi connectivity index (χ3v) is 3.27. The number of halogens is 1. The van der Waals surface area contributed by atoms with Crippen LogP contribution >= 0.6 is 0 Å². The number of aliphatic hydroxyl groups excluding tert-OH is 1. The van der Waals surface area contributed by atoms with Crippen LogP contribution in [0.2, 0.25) is 0 Å². The van der Waals surface area contributed by atoms with Gasteiger partial charge in [-0.25, -0.2) is 19.3 Å². The number of hydrogen-bond donors (Lipinski definition) is 2. The van der Waals surface area contributed by atoms with Crippen molar-refractivity contribution in [2.75, 3.05) is 12.3 Å². The van der Waals surface area contributed by atoms with Crippen molar-refractivity contribution >= 4 is 17.0 Å². The summed E-state index contributed by atoms with van der Waals surface area (Å²) in [4.78, 5) is 14.4. The monoisotopic (exact) mass is 294 g/mol. The largest absolute Gasteiger partial charge is 0.385 e. The predicted molar refractivity (Wildman–Crippen MR) is 68.6 cm³/mol. The van der Waals surface area contributed by atoms with Gasteiger partial charge in [0.25, 0.3) is 0 Å². The Morgan fingerprint density at radius 2 is 2.33 bits per heavy atom. The van der Waals surface area contributed by atoms with Crippen LogP contribution in [0.5, 0.6) is 0 Å². The fraction of sp³-hybridized carbons (Fsp3) is 0.500. The highest BCUT2D eigenvalue weighted by atomic mass is 19.1. The number of nitrogens with two attached hydrogens (primary N) is 1. The molecule has 3 N–H and O–H groups in total. The molecule has 1 saturated heterocycles. The molecule has 0 aliphatic carbocycles. The molecule has 11 heteroatoms. The van der Waals surface area contributed by atoms with Gasteiger partial charge in [-0.2, -0.15) is 0 Å². The molecule has 4 atom stereocenters. The van der Waals surface area contributed by atoms with E-state index < -0.39 is 24.6 Å². The lowest BCUT2D eigenvalue weighted by atomic mass is 10.1. The number of nitrogen functional groups attached to an aromatic ring is 1. The summed E-state index contributed by atoms with van der Waals surface area (Å²) in [7, 11) is 0. The van der Waals surface area contributed by atoms with Crippen LogP contribution in [-0.2, 0) is 4.74 Å². The highest BCUT2D eigenvalue weighted by Crippen LogP contribution is 2.33. The van der Waals surface area contributed by atoms with E-state index in [4.69, 9.17) is 16.0 Å². The normalized spacial score (nSPS) is 28.7. The average molecular weight is 294 g/mol. The molecule has 110 valence electrons. The molecule has 0 amide bonds. The van der Waals surface area contributed by atoms with Gasteiger partial charge in [0.15, 0.2) is 23.9 Å². The molecule has 1 aliphatic heterocycles. The third kappa shape index (κ3) is 2.13. The van der Waals surface area contributed by atoms with Crippen LogP contribution in [0.1, 0.15) is 6.23 Å². The van der Waals surface area contributed by atoms with E-state index in [1.807, 2.05) is 0 Å². The Morgan fingerprint density at radius 3 is 3.10 bits per heavy atom. The molecule has 0 aromatic carbocycles. The second-order valence-electron chi connectivity index (χ2n) is 4.50. The van der Waals surface area contributed by atoms with Crippen LogP contribution < -0.4 is 5.73 Å². The fourth-order valence-electron chi connectivity index (χ4n) is 2.26. The van der Waals surface area contributed by atoms with Crippen molar-refractivity contribution in [3.8, 4) is 0 Å². The summed E-state index contributed by atoms with van der Waals surface area (Å²) in [6.07, 6.45) is -2.60. The standard InChI is InChI=1S/C10H11FN8O2/c11-5-4(1-17-18-13)21-10(7(5)20)19-3-16-6-8(12)14-2-15-9(6)19/h2-5,7,10,20H,1H2,(H2,12,14,15)/t4-,5-,7-,10-/m1/s1. The van der Waals surface area contributed by atoms with Crippen molar-refractivity contribution in [3.05, 3.63) is 23.1 Å². The van der Waals surface area contributed by atoms with Gasteiger partial charge in [-0.15, -0.1) is 0 Å². The topological polar surface area (TPSA) is 148 Å². The Balaban J connectivity index is 1.95. The van der Waals surface area contributed by atoms with E-state index in [0.29, 0.717) is 11.2 Å². The summed E-state index contributed by atoms with van der Waals surface area (Å²) >= 11 is 0. The summed E-state index contributed by atoms with van der Waals surface area (Å²) in [6, 6.07) is 0. The van der Waals surface area contributed by atoms with Gasteiger partial charge in [0.1, 0.15) is 17.9 Å². The maximum absolute atomic E-state index is 14.0. The summed E-state index contributed by atoms with van der Waals surface area (Å²) in [6.45, 7) is -0.213. The second kappa shape index (κ2) is 5.13. The molecular weight excluding hydrogens is 283 g/mol. The molecule has 2 aromatic heterocycles. The number of alkyl halides is 1. The van der Waals surface area contributed by atoms with Gasteiger partial charge in [-0.1, -0.05) is 5.11 Å². The SMILES string of the molecule is [N-]=[N+]=NC[C@H]1O[C@@H](n2cnc3c(N)ncnc32)[C@H](O)[C@@H]1F. The molecule has 0 saturated carbocycles. The predicted octanol–water partition coefficient (Wildman–Crippen LogP) is 0.315. The van der Waals surface area contributed by atoms with Crippen molar-refractivity contribution in [3.63, 3.8) is 0 Å². The molecule has 3 rings (SSSR count). The van der Waals surface area contributed by atoms with Gasteiger partial charge in [-0.05, 0) is 5.53 Å². The number of rotatable bonds is 3. The van der Waals surface area contributed by atoms with E-state index in [-0.39, 0.29) is 12.4 Å². The number of ether oxygens (including phenoxy) is 1. The van der Waals surface area contributed by atoms with E-state index in [0.717, 1.165) is 0 Å². The lowest BCUT2D eigenvalue weighted by Gasteiger charge is -2.16. The van der Waals surface area contributed by atoms with Gasteiger partial charge >= 0.3 is 0 Å². The van der Waals surface area contributed by atoms with Crippen LogP contribution in [0.4, 0.5) is 10.2 Å². The number of fused-ring (bicyclic) bond motifs is 1. The van der Waals surface area contributed by atoms with E-state index in [2.05, 4.69) is 25.0 Å². The van der Waals surface area contributed by atoms with Gasteiger partial charge in [-0.3, -0.25) is 4.57 Å². The number of hydrogen-bond acceptors (Lipinski definition) is 7. The first-order chi connectivity index (χ1) is 10.1. The highest BCUT2D eigenvalue weighted by Gasteiger charge is 2.45. The van der Waals surface area contributed by atoms with E-state index >= 15 is 0 Å². The Hall–Kier alpha value is -2.49. The van der Waals surface area contributed by atoms with Gasteiger partial charge < -0.3 is 15.6 Å². The zero-order valence-corrected chi connectivity index (χ0v) is 10.6. The Labute approximate surface area is 117 Å². The van der Waals surface area contributed by atoms with Crippen LogP contribution in [0.3, 0.4) is 0 Å². The summed E-state index contributed by atoms with van der Waals surface area (Å²) < 4.78 is 20.8. The van der Waals surface area contributed by atoms with Gasteiger partial charge in [0.2, 0.25) is 0 Å². The van der Waals surface area contributed by atoms with E-state index in [9.17, 15) is 9.50 Å². The molecule has 21 heavy (non-hydrogen) atoms. The van der Waals surface area contributed by atoms with Gasteiger partial charge in [0, 0.05) is 4.91 Å². The van der Waals surface area contributed by atoms with Crippen molar-refractivity contribution in [2.24, 2.45) is 5.11 Å². The maximum Gasteiger partial charge on any atom is 0.167 e. The minimum absolute atomic E-state index is 0.175. The lowest BCUT2D eigenvalue weighted by Crippen LogP contribution is -2.29. The molecule has 0 bridgehead atoms. The molecule has 3 heterocycles. The van der Waals surface area contributed by atoms with Crippen molar-refractivity contribution in [1.29, 1.82) is 0 Å². The van der Waals surface area contributed by atoms with Crippen LogP contribution in [0.15, 0.2) is 17.8 Å². The zero-order valence-electron chi connectivity index (χ0n) is 10.6. The maximum atomic E-state index is 14.0. The fourth-order valence-corrected chi connectivity index (χ4v) is 2.26.